The van der Waals surface area contributed by atoms with Crippen LogP contribution in [0.3, 0.4) is 0 Å². The molecule has 0 saturated carbocycles. The number of nitrogens with two attached hydrogens (primary N) is 1. The summed E-state index contributed by atoms with van der Waals surface area (Å²) >= 11 is 0. The second-order valence-electron chi connectivity index (χ2n) is 3.85. The van der Waals surface area contributed by atoms with Gasteiger partial charge in [0, 0.05) is 23.6 Å². The van der Waals surface area contributed by atoms with Gasteiger partial charge in [-0.3, -0.25) is 0 Å². The molecule has 1 unspecified atom stereocenters. The van der Waals surface area contributed by atoms with E-state index in [0.717, 1.165) is 23.4 Å². The summed E-state index contributed by atoms with van der Waals surface area (Å²) in [7, 11) is 0. The van der Waals surface area contributed by atoms with Crippen LogP contribution in [-0.4, -0.2) is 11.1 Å². The average molecular weight is 188 g/mol. The van der Waals surface area contributed by atoms with E-state index in [1.165, 1.54) is 10.9 Å². The third kappa shape index (κ3) is 0.867. The summed E-state index contributed by atoms with van der Waals surface area (Å²) in [6, 6.07) is 4.19. The Kier molecular flexibility index (Phi) is 1.35. The smallest absolute Gasteiger partial charge is 0.148 e. The Morgan fingerprint density at radius 2 is 2.43 bits per heavy atom. The van der Waals surface area contributed by atoms with Gasteiger partial charge in [-0.15, -0.1) is 0 Å². The van der Waals surface area contributed by atoms with Crippen LogP contribution in [0.4, 0.5) is 5.69 Å². The Labute approximate surface area is 81.9 Å². The Morgan fingerprint density at radius 1 is 1.57 bits per heavy atom. The molecule has 0 spiro atoms. The minimum Gasteiger partial charge on any atom is -0.488 e. The first kappa shape index (κ1) is 7.74. The third-order valence-corrected chi connectivity index (χ3v) is 2.74. The number of rotatable bonds is 0. The van der Waals surface area contributed by atoms with Crippen LogP contribution < -0.4 is 10.5 Å². The Bertz CT molecular complexity index is 501. The molecule has 0 bridgehead atoms. The van der Waals surface area contributed by atoms with E-state index in [2.05, 4.69) is 18.0 Å². The van der Waals surface area contributed by atoms with Gasteiger partial charge in [0.15, 0.2) is 0 Å². The third-order valence-electron chi connectivity index (χ3n) is 2.74. The SMILES string of the molecule is CC1Cc2cc3cc[nH]c3c(N)c2O1. The molecule has 1 aliphatic heterocycles. The summed E-state index contributed by atoms with van der Waals surface area (Å²) in [6.45, 7) is 2.06. The number of ether oxygens (including phenoxy) is 1. The van der Waals surface area contributed by atoms with Crippen LogP contribution in [0, 0.1) is 0 Å². The van der Waals surface area contributed by atoms with Crippen LogP contribution in [0.25, 0.3) is 10.9 Å². The summed E-state index contributed by atoms with van der Waals surface area (Å²) in [6.07, 6.45) is 3.11. The van der Waals surface area contributed by atoms with Crippen molar-refractivity contribution in [3.63, 3.8) is 0 Å². The summed E-state index contributed by atoms with van der Waals surface area (Å²) in [5, 5.41) is 1.17. The standard InChI is InChI=1S/C11H12N2O/c1-6-4-8-5-7-2-3-13-10(7)9(12)11(8)14-6/h2-3,5-6,13H,4,12H2,1H3. The molecule has 2 aromatic rings. The molecule has 72 valence electrons. The minimum absolute atomic E-state index is 0.249. The van der Waals surface area contributed by atoms with Crippen LogP contribution in [0.15, 0.2) is 18.3 Å². The average Bonchev–Trinajstić information content (AvgIpc) is 2.71. The van der Waals surface area contributed by atoms with Gasteiger partial charge in [-0.1, -0.05) is 0 Å². The number of hydrogen-bond acceptors (Lipinski definition) is 2. The largest absolute Gasteiger partial charge is 0.488 e. The van der Waals surface area contributed by atoms with Gasteiger partial charge >= 0.3 is 0 Å². The van der Waals surface area contributed by atoms with E-state index < -0.39 is 0 Å². The van der Waals surface area contributed by atoms with Gasteiger partial charge in [0.25, 0.3) is 0 Å². The fourth-order valence-electron chi connectivity index (χ4n) is 2.12. The number of H-pyrrole nitrogens is 1. The quantitative estimate of drug-likeness (QED) is 0.622. The number of nitrogens with one attached hydrogen (secondary N) is 1. The van der Waals surface area contributed by atoms with E-state index in [1.807, 2.05) is 12.3 Å². The van der Waals surface area contributed by atoms with Gasteiger partial charge in [-0.25, -0.2) is 0 Å². The number of anilines is 1. The van der Waals surface area contributed by atoms with Crippen molar-refractivity contribution in [2.45, 2.75) is 19.4 Å². The summed E-state index contributed by atoms with van der Waals surface area (Å²) in [4.78, 5) is 3.13. The fraction of sp³-hybridized carbons (Fsp3) is 0.273. The first-order chi connectivity index (χ1) is 6.75. The number of nitrogen functional groups attached to an aromatic ring is 1. The van der Waals surface area contributed by atoms with Crippen LogP contribution >= 0.6 is 0 Å². The minimum atomic E-state index is 0.249. The molecular weight excluding hydrogens is 176 g/mol. The number of aromatic nitrogens is 1. The van der Waals surface area contributed by atoms with Gasteiger partial charge in [0.05, 0.1) is 11.2 Å². The van der Waals surface area contributed by atoms with Crippen molar-refractivity contribution in [3.8, 4) is 5.75 Å². The maximum atomic E-state index is 6.02. The molecule has 0 fully saturated rings. The van der Waals surface area contributed by atoms with E-state index in [-0.39, 0.29) is 6.10 Å². The van der Waals surface area contributed by atoms with Crippen LogP contribution in [-0.2, 0) is 6.42 Å². The van der Waals surface area contributed by atoms with E-state index >= 15 is 0 Å². The molecule has 3 heteroatoms. The van der Waals surface area contributed by atoms with Gasteiger partial charge in [0.1, 0.15) is 11.9 Å². The summed E-state index contributed by atoms with van der Waals surface area (Å²) in [5.74, 6) is 0.868. The molecule has 3 N–H and O–H groups in total. The van der Waals surface area contributed by atoms with E-state index in [4.69, 9.17) is 10.5 Å². The highest BCUT2D eigenvalue weighted by atomic mass is 16.5. The summed E-state index contributed by atoms with van der Waals surface area (Å²) < 4.78 is 5.67. The first-order valence-corrected chi connectivity index (χ1v) is 4.81. The molecule has 1 atom stereocenters. The van der Waals surface area contributed by atoms with Crippen molar-refractivity contribution < 1.29 is 4.74 Å². The Balaban J connectivity index is 2.35. The van der Waals surface area contributed by atoms with Crippen molar-refractivity contribution in [1.29, 1.82) is 0 Å². The highest BCUT2D eigenvalue weighted by Crippen LogP contribution is 2.39. The number of benzene rings is 1. The molecule has 1 aromatic heterocycles. The molecule has 2 heterocycles. The lowest BCUT2D eigenvalue weighted by molar-refractivity contribution is 0.256. The molecule has 0 saturated heterocycles. The zero-order chi connectivity index (χ0) is 9.71. The van der Waals surface area contributed by atoms with Crippen molar-refractivity contribution in [2.24, 2.45) is 0 Å². The second-order valence-corrected chi connectivity index (χ2v) is 3.85. The fourth-order valence-corrected chi connectivity index (χ4v) is 2.12. The monoisotopic (exact) mass is 188 g/mol. The first-order valence-electron chi connectivity index (χ1n) is 4.81. The van der Waals surface area contributed by atoms with Crippen molar-refractivity contribution in [1.82, 2.24) is 4.98 Å². The molecule has 3 rings (SSSR count). The lowest BCUT2D eigenvalue weighted by atomic mass is 10.1. The van der Waals surface area contributed by atoms with Crippen molar-refractivity contribution >= 4 is 16.6 Å². The van der Waals surface area contributed by atoms with Gasteiger partial charge < -0.3 is 15.5 Å². The predicted octanol–water partition coefficient (Wildman–Crippen LogP) is 2.07. The summed E-state index contributed by atoms with van der Waals surface area (Å²) in [5.41, 5.74) is 8.97. The van der Waals surface area contributed by atoms with Crippen LogP contribution in [0.5, 0.6) is 5.75 Å². The molecule has 3 nitrogen and oxygen atoms in total. The number of aromatic amines is 1. The number of hydrogen-bond donors (Lipinski definition) is 2. The lowest BCUT2D eigenvalue weighted by Gasteiger charge is -2.06. The maximum Gasteiger partial charge on any atom is 0.148 e. The second kappa shape index (κ2) is 2.44. The molecule has 1 aromatic carbocycles. The molecule has 0 amide bonds. The molecular formula is C11H12N2O. The van der Waals surface area contributed by atoms with E-state index in [9.17, 15) is 0 Å². The highest BCUT2D eigenvalue weighted by Gasteiger charge is 2.23. The van der Waals surface area contributed by atoms with Gasteiger partial charge in [-0.05, 0) is 19.1 Å². The molecule has 14 heavy (non-hydrogen) atoms. The van der Waals surface area contributed by atoms with Crippen molar-refractivity contribution in [2.75, 3.05) is 5.73 Å². The van der Waals surface area contributed by atoms with E-state index in [1.54, 1.807) is 0 Å². The topological polar surface area (TPSA) is 51.0 Å². The lowest BCUT2D eigenvalue weighted by Crippen LogP contribution is -2.05. The highest BCUT2D eigenvalue weighted by molar-refractivity contribution is 5.94. The zero-order valence-corrected chi connectivity index (χ0v) is 8.00. The molecule has 0 radical (unpaired) electrons. The van der Waals surface area contributed by atoms with E-state index in [0.29, 0.717) is 0 Å². The Morgan fingerprint density at radius 3 is 3.29 bits per heavy atom. The van der Waals surface area contributed by atoms with Gasteiger partial charge in [0.2, 0.25) is 0 Å². The normalized spacial score (nSPS) is 19.6. The van der Waals surface area contributed by atoms with Crippen molar-refractivity contribution in [3.05, 3.63) is 23.9 Å². The zero-order valence-electron chi connectivity index (χ0n) is 8.00. The number of fused-ring (bicyclic) bond motifs is 2. The van der Waals surface area contributed by atoms with Crippen LogP contribution in [0.2, 0.25) is 0 Å². The molecule has 0 aliphatic carbocycles. The van der Waals surface area contributed by atoms with Gasteiger partial charge in [-0.2, -0.15) is 0 Å². The predicted molar refractivity (Wildman–Crippen MR) is 56.5 cm³/mol. The van der Waals surface area contributed by atoms with Crippen LogP contribution in [0.1, 0.15) is 12.5 Å². The Hall–Kier alpha value is -1.64. The molecule has 1 aliphatic rings. The maximum absolute atomic E-state index is 6.02.